The van der Waals surface area contributed by atoms with Crippen molar-refractivity contribution in [3.05, 3.63) is 30.3 Å². The molecule has 5 nitrogen and oxygen atoms in total. The number of rotatable bonds is 4. The van der Waals surface area contributed by atoms with Gasteiger partial charge in [-0.2, -0.15) is 0 Å². The van der Waals surface area contributed by atoms with Crippen LogP contribution < -0.4 is 21.9 Å². The number of carbonyl (C=O) groups excluding carboxylic acids is 1. The number of nitrogens with two attached hydrogens (primary N) is 1. The van der Waals surface area contributed by atoms with E-state index in [1.807, 2.05) is 30.3 Å². The Balaban J connectivity index is 1.78. The Bertz CT molecular complexity index is 373. The van der Waals surface area contributed by atoms with Gasteiger partial charge in [0, 0.05) is 23.9 Å². The molecule has 5 N–H and O–H groups in total. The van der Waals surface area contributed by atoms with E-state index in [0.717, 1.165) is 12.2 Å². The minimum absolute atomic E-state index is 0.0353. The summed E-state index contributed by atoms with van der Waals surface area (Å²) in [6.07, 6.45) is 0.491. The Kier molecular flexibility index (Phi) is 4.38. The van der Waals surface area contributed by atoms with Gasteiger partial charge in [-0.1, -0.05) is 18.2 Å². The van der Waals surface area contributed by atoms with Gasteiger partial charge in [-0.3, -0.25) is 16.0 Å². The largest absolute Gasteiger partial charge is 0.326 e. The number of nitrogens with one attached hydrogen (secondary N) is 3. The number of hydrazine groups is 1. The van der Waals surface area contributed by atoms with Crippen LogP contribution >= 0.6 is 11.8 Å². The van der Waals surface area contributed by atoms with Crippen LogP contribution in [-0.2, 0) is 4.79 Å². The summed E-state index contributed by atoms with van der Waals surface area (Å²) in [5.41, 5.74) is 3.52. The predicted octanol–water partition coefficient (Wildman–Crippen LogP) is 0.467. The molecule has 0 radical (unpaired) electrons. The molecule has 1 unspecified atom stereocenters. The first-order valence-corrected chi connectivity index (χ1v) is 6.42. The number of amides is 1. The topological polar surface area (TPSA) is 79.2 Å². The molecule has 1 aliphatic heterocycles. The molecule has 6 heteroatoms. The van der Waals surface area contributed by atoms with Crippen molar-refractivity contribution in [3.63, 3.8) is 0 Å². The van der Waals surface area contributed by atoms with Crippen molar-refractivity contribution in [3.8, 4) is 0 Å². The molecule has 1 heterocycles. The van der Waals surface area contributed by atoms with Crippen LogP contribution in [0.15, 0.2) is 30.3 Å². The minimum Gasteiger partial charge on any atom is -0.326 e. The third-order valence-corrected chi connectivity index (χ3v) is 3.77. The molecule has 17 heavy (non-hydrogen) atoms. The quantitative estimate of drug-likeness (QED) is 0.463. The fraction of sp³-hybridized carbons (Fsp3) is 0.364. The Morgan fingerprint density at radius 3 is 2.88 bits per heavy atom. The van der Waals surface area contributed by atoms with E-state index in [4.69, 9.17) is 5.84 Å². The van der Waals surface area contributed by atoms with Gasteiger partial charge < -0.3 is 5.32 Å². The highest BCUT2D eigenvalue weighted by atomic mass is 32.2. The summed E-state index contributed by atoms with van der Waals surface area (Å²) in [5, 5.41) is 6.31. The van der Waals surface area contributed by atoms with Crippen LogP contribution in [0.3, 0.4) is 0 Å². The van der Waals surface area contributed by atoms with Crippen LogP contribution in [0.4, 0.5) is 5.69 Å². The number of hydrogen-bond donors (Lipinski definition) is 4. The number of hydrogen-bond acceptors (Lipinski definition) is 5. The van der Waals surface area contributed by atoms with Gasteiger partial charge in [0.1, 0.15) is 5.50 Å². The van der Waals surface area contributed by atoms with Crippen LogP contribution in [0.5, 0.6) is 0 Å². The molecular formula is C11H16N4OS. The fourth-order valence-electron chi connectivity index (χ4n) is 1.69. The highest BCUT2D eigenvalue weighted by molar-refractivity contribution is 8.00. The fourth-order valence-corrected chi connectivity index (χ4v) is 2.78. The molecule has 92 valence electrons. The highest BCUT2D eigenvalue weighted by Crippen LogP contribution is 2.23. The van der Waals surface area contributed by atoms with Gasteiger partial charge in [0.25, 0.3) is 0 Å². The van der Waals surface area contributed by atoms with Gasteiger partial charge in [-0.05, 0) is 12.1 Å². The predicted molar refractivity (Wildman–Crippen MR) is 70.2 cm³/mol. The summed E-state index contributed by atoms with van der Waals surface area (Å²) in [6, 6.07) is 9.47. The Morgan fingerprint density at radius 2 is 2.24 bits per heavy atom. The van der Waals surface area contributed by atoms with E-state index in [2.05, 4.69) is 16.1 Å². The number of para-hydroxylation sites is 1. The standard InChI is InChI=1S/C11H16N4OS/c12-15-11-13-7-9(17-11)6-10(16)14-8-4-2-1-3-5-8/h1-5,9,11,13,15H,6-7,12H2,(H,14,16)/t9-,11?/m0/s1. The number of thioether (sulfide) groups is 1. The molecule has 0 aromatic heterocycles. The third kappa shape index (κ3) is 3.71. The second-order valence-corrected chi connectivity index (χ2v) is 5.24. The van der Waals surface area contributed by atoms with Crippen molar-refractivity contribution in [1.29, 1.82) is 0 Å². The van der Waals surface area contributed by atoms with Crippen LogP contribution in [0.1, 0.15) is 6.42 Å². The summed E-state index contributed by atoms with van der Waals surface area (Å²) >= 11 is 1.64. The highest BCUT2D eigenvalue weighted by Gasteiger charge is 2.25. The zero-order valence-electron chi connectivity index (χ0n) is 9.35. The first-order chi connectivity index (χ1) is 8.28. The van der Waals surface area contributed by atoms with Crippen LogP contribution in [0.2, 0.25) is 0 Å². The second-order valence-electron chi connectivity index (χ2n) is 3.83. The van der Waals surface area contributed by atoms with Gasteiger partial charge in [0.05, 0.1) is 0 Å². The summed E-state index contributed by atoms with van der Waals surface area (Å²) in [4.78, 5) is 11.8. The van der Waals surface area contributed by atoms with E-state index in [-0.39, 0.29) is 16.7 Å². The Labute approximate surface area is 104 Å². The Hall–Kier alpha value is -1.08. The summed E-state index contributed by atoms with van der Waals surface area (Å²) in [7, 11) is 0. The molecule has 0 bridgehead atoms. The Morgan fingerprint density at radius 1 is 1.47 bits per heavy atom. The zero-order valence-corrected chi connectivity index (χ0v) is 10.2. The molecule has 1 amide bonds. The number of carbonyl (C=O) groups is 1. The monoisotopic (exact) mass is 252 g/mol. The molecule has 2 atom stereocenters. The van der Waals surface area contributed by atoms with Crippen LogP contribution in [0, 0.1) is 0 Å². The van der Waals surface area contributed by atoms with E-state index in [1.54, 1.807) is 11.8 Å². The lowest BCUT2D eigenvalue weighted by atomic mass is 10.2. The van der Waals surface area contributed by atoms with Crippen molar-refractivity contribution in [2.45, 2.75) is 17.2 Å². The van der Waals surface area contributed by atoms with E-state index in [1.165, 1.54) is 0 Å². The molecule has 0 aliphatic carbocycles. The second kappa shape index (κ2) is 6.02. The molecule has 1 aliphatic rings. The molecule has 1 aromatic rings. The van der Waals surface area contributed by atoms with E-state index < -0.39 is 0 Å². The molecule has 1 aromatic carbocycles. The van der Waals surface area contributed by atoms with Crippen molar-refractivity contribution < 1.29 is 4.79 Å². The van der Waals surface area contributed by atoms with Gasteiger partial charge in [-0.25, -0.2) is 5.43 Å². The first-order valence-electron chi connectivity index (χ1n) is 5.48. The molecule has 1 saturated heterocycles. The van der Waals surface area contributed by atoms with Gasteiger partial charge in [-0.15, -0.1) is 11.8 Å². The van der Waals surface area contributed by atoms with Crippen LogP contribution in [-0.4, -0.2) is 23.2 Å². The maximum absolute atomic E-state index is 11.8. The SMILES string of the molecule is NNC1NC[C@H](CC(=O)Nc2ccccc2)S1. The van der Waals surface area contributed by atoms with E-state index in [9.17, 15) is 4.79 Å². The molecule has 0 spiro atoms. The van der Waals surface area contributed by atoms with Gasteiger partial charge >= 0.3 is 0 Å². The maximum atomic E-state index is 11.8. The van der Waals surface area contributed by atoms with E-state index in [0.29, 0.717) is 6.42 Å². The normalized spacial score (nSPS) is 23.6. The summed E-state index contributed by atoms with van der Waals surface area (Å²) < 4.78 is 0. The zero-order chi connectivity index (χ0) is 12.1. The first kappa shape index (κ1) is 12.4. The van der Waals surface area contributed by atoms with E-state index >= 15 is 0 Å². The van der Waals surface area contributed by atoms with Crippen molar-refractivity contribution in [2.75, 3.05) is 11.9 Å². The number of anilines is 1. The van der Waals surface area contributed by atoms with Crippen LogP contribution in [0.25, 0.3) is 0 Å². The van der Waals surface area contributed by atoms with Gasteiger partial charge in [0.15, 0.2) is 0 Å². The maximum Gasteiger partial charge on any atom is 0.225 e. The van der Waals surface area contributed by atoms with Gasteiger partial charge in [0.2, 0.25) is 5.91 Å². The lowest BCUT2D eigenvalue weighted by molar-refractivity contribution is -0.116. The smallest absolute Gasteiger partial charge is 0.225 e. The van der Waals surface area contributed by atoms with Crippen molar-refractivity contribution in [2.24, 2.45) is 5.84 Å². The lowest BCUT2D eigenvalue weighted by Crippen LogP contribution is -2.39. The van der Waals surface area contributed by atoms with Crippen molar-refractivity contribution in [1.82, 2.24) is 10.7 Å². The number of benzene rings is 1. The summed E-state index contributed by atoms with van der Waals surface area (Å²) in [6.45, 7) is 0.793. The summed E-state index contributed by atoms with van der Waals surface area (Å²) in [5.74, 6) is 5.35. The lowest BCUT2D eigenvalue weighted by Gasteiger charge is -2.09. The molecule has 2 rings (SSSR count). The van der Waals surface area contributed by atoms with Crippen molar-refractivity contribution >= 4 is 23.4 Å². The molecule has 0 saturated carbocycles. The molecule has 1 fully saturated rings. The minimum atomic E-state index is 0.0353. The average Bonchev–Trinajstić information content (AvgIpc) is 2.78. The average molecular weight is 252 g/mol. The third-order valence-electron chi connectivity index (χ3n) is 2.48. The molecular weight excluding hydrogens is 236 g/mol.